The predicted octanol–water partition coefficient (Wildman–Crippen LogP) is 5.50. The minimum Gasteiger partial charge on any atom is -0.449 e. The molecule has 0 radical (unpaired) electrons. The maximum absolute atomic E-state index is 13.2. The number of nitrogens with one attached hydrogen (secondary N) is 1. The molecule has 1 amide bonds. The molecule has 2 aromatic carbocycles. The molecule has 0 unspecified atom stereocenters. The summed E-state index contributed by atoms with van der Waals surface area (Å²) in [7, 11) is 0. The predicted molar refractivity (Wildman–Crippen MR) is 127 cm³/mol. The van der Waals surface area contributed by atoms with Gasteiger partial charge in [0.25, 0.3) is 11.6 Å². The van der Waals surface area contributed by atoms with Gasteiger partial charge in [-0.15, -0.1) is 0 Å². The number of halogens is 1. The number of esters is 1. The SMILES string of the molecule is CCCc1nc2ccccc2c(C(=O)O[C@@H](C)C(=O)Nc2ccc([N+](=O)[O-])cc2Cl)c1CC. The Hall–Kier alpha value is -3.52. The van der Waals surface area contributed by atoms with Crippen LogP contribution in [0.15, 0.2) is 42.5 Å². The highest BCUT2D eigenvalue weighted by molar-refractivity contribution is 6.34. The summed E-state index contributed by atoms with van der Waals surface area (Å²) in [5.74, 6) is -1.22. The van der Waals surface area contributed by atoms with Crippen LogP contribution in [0.4, 0.5) is 11.4 Å². The summed E-state index contributed by atoms with van der Waals surface area (Å²) in [6, 6.07) is 11.0. The third-order valence-electron chi connectivity index (χ3n) is 5.20. The number of non-ortho nitro benzene ring substituents is 1. The Morgan fingerprint density at radius 1 is 1.21 bits per heavy atom. The number of nitro groups is 1. The van der Waals surface area contributed by atoms with E-state index in [4.69, 9.17) is 21.3 Å². The van der Waals surface area contributed by atoms with Gasteiger partial charge in [0.05, 0.1) is 26.7 Å². The fourth-order valence-corrected chi connectivity index (χ4v) is 3.81. The Kier molecular flexibility index (Phi) is 7.60. The van der Waals surface area contributed by atoms with E-state index in [1.807, 2.05) is 38.1 Å². The fourth-order valence-electron chi connectivity index (χ4n) is 3.59. The first-order valence-electron chi connectivity index (χ1n) is 10.6. The largest absolute Gasteiger partial charge is 0.449 e. The highest BCUT2D eigenvalue weighted by Gasteiger charge is 2.25. The number of hydrogen-bond donors (Lipinski definition) is 1. The van der Waals surface area contributed by atoms with Crippen LogP contribution in [-0.2, 0) is 22.4 Å². The zero-order valence-electron chi connectivity index (χ0n) is 18.6. The second kappa shape index (κ2) is 10.4. The Labute approximate surface area is 196 Å². The van der Waals surface area contributed by atoms with Gasteiger partial charge in [-0.3, -0.25) is 19.9 Å². The average Bonchev–Trinajstić information content (AvgIpc) is 2.79. The van der Waals surface area contributed by atoms with Crippen LogP contribution in [0.2, 0.25) is 5.02 Å². The second-order valence-electron chi connectivity index (χ2n) is 7.49. The van der Waals surface area contributed by atoms with E-state index in [9.17, 15) is 19.7 Å². The smallest absolute Gasteiger partial charge is 0.339 e. The fraction of sp³-hybridized carbons (Fsp3) is 0.292. The number of nitro benzene ring substituents is 1. The molecule has 0 spiro atoms. The first-order valence-corrected chi connectivity index (χ1v) is 11.0. The minimum atomic E-state index is -1.13. The Bertz CT molecular complexity index is 1230. The summed E-state index contributed by atoms with van der Waals surface area (Å²) in [5, 5.41) is 14.1. The van der Waals surface area contributed by atoms with Crippen molar-refractivity contribution in [1.82, 2.24) is 4.98 Å². The van der Waals surface area contributed by atoms with Crippen molar-refractivity contribution in [3.05, 3.63) is 74.4 Å². The first kappa shape index (κ1) is 24.1. The molecule has 3 rings (SSSR count). The standard InChI is InChI=1S/C24H24ClN3O5/c1-4-8-19-16(5-2)22(17-9-6-7-10-20(17)26-19)24(30)33-14(3)23(29)27-21-12-11-15(28(31)32)13-18(21)25/h6-7,9-14H,4-5,8H2,1-3H3,(H,27,29)/t14-/m0/s1. The second-order valence-corrected chi connectivity index (χ2v) is 7.90. The zero-order valence-corrected chi connectivity index (χ0v) is 19.3. The number of nitrogens with zero attached hydrogens (tertiary/aromatic N) is 2. The lowest BCUT2D eigenvalue weighted by Crippen LogP contribution is -2.30. The van der Waals surface area contributed by atoms with Gasteiger partial charge >= 0.3 is 5.97 Å². The number of amides is 1. The number of benzene rings is 2. The monoisotopic (exact) mass is 469 g/mol. The van der Waals surface area contributed by atoms with Crippen LogP contribution in [0.3, 0.4) is 0 Å². The molecule has 0 aliphatic carbocycles. The molecule has 3 aromatic rings. The number of anilines is 1. The number of pyridine rings is 1. The van der Waals surface area contributed by atoms with E-state index >= 15 is 0 Å². The lowest BCUT2D eigenvalue weighted by molar-refractivity contribution is -0.384. The van der Waals surface area contributed by atoms with Crippen LogP contribution < -0.4 is 5.32 Å². The van der Waals surface area contributed by atoms with Crippen molar-refractivity contribution in [2.45, 2.75) is 46.1 Å². The van der Waals surface area contributed by atoms with Crippen molar-refractivity contribution in [1.29, 1.82) is 0 Å². The first-order chi connectivity index (χ1) is 15.8. The number of carbonyl (C=O) groups is 2. The van der Waals surface area contributed by atoms with Gasteiger partial charge in [-0.05, 0) is 37.5 Å². The molecular formula is C24H24ClN3O5. The number of para-hydroxylation sites is 1. The van der Waals surface area contributed by atoms with Crippen molar-refractivity contribution in [3.8, 4) is 0 Å². The van der Waals surface area contributed by atoms with Gasteiger partial charge < -0.3 is 10.1 Å². The summed E-state index contributed by atoms with van der Waals surface area (Å²) in [4.78, 5) is 40.9. The van der Waals surface area contributed by atoms with Crippen LogP contribution in [-0.4, -0.2) is 27.9 Å². The third kappa shape index (κ3) is 5.28. The molecule has 0 fully saturated rings. The van der Waals surface area contributed by atoms with Gasteiger partial charge in [-0.2, -0.15) is 0 Å². The van der Waals surface area contributed by atoms with E-state index in [0.717, 1.165) is 30.2 Å². The van der Waals surface area contributed by atoms with Crippen LogP contribution in [0, 0.1) is 10.1 Å². The lowest BCUT2D eigenvalue weighted by atomic mass is 9.96. The number of carbonyl (C=O) groups excluding carboxylic acids is 2. The van der Waals surface area contributed by atoms with E-state index in [-0.39, 0.29) is 16.4 Å². The Morgan fingerprint density at radius 2 is 1.94 bits per heavy atom. The molecule has 0 bridgehead atoms. The van der Waals surface area contributed by atoms with Crippen LogP contribution in [0.1, 0.15) is 48.8 Å². The average molecular weight is 470 g/mol. The van der Waals surface area contributed by atoms with Crippen molar-refractivity contribution < 1.29 is 19.2 Å². The summed E-state index contributed by atoms with van der Waals surface area (Å²) < 4.78 is 5.53. The maximum Gasteiger partial charge on any atom is 0.339 e. The lowest BCUT2D eigenvalue weighted by Gasteiger charge is -2.18. The molecular weight excluding hydrogens is 446 g/mol. The maximum atomic E-state index is 13.2. The summed E-state index contributed by atoms with van der Waals surface area (Å²) in [6.45, 7) is 5.45. The molecule has 0 saturated carbocycles. The van der Waals surface area contributed by atoms with E-state index in [0.29, 0.717) is 22.9 Å². The Morgan fingerprint density at radius 3 is 2.58 bits per heavy atom. The van der Waals surface area contributed by atoms with Crippen molar-refractivity contribution in [2.24, 2.45) is 0 Å². The van der Waals surface area contributed by atoms with E-state index in [1.165, 1.54) is 19.1 Å². The molecule has 33 heavy (non-hydrogen) atoms. The third-order valence-corrected chi connectivity index (χ3v) is 5.51. The number of aromatic nitrogens is 1. The van der Waals surface area contributed by atoms with Gasteiger partial charge in [-0.25, -0.2) is 4.79 Å². The van der Waals surface area contributed by atoms with Crippen molar-refractivity contribution in [2.75, 3.05) is 5.32 Å². The van der Waals surface area contributed by atoms with Crippen LogP contribution >= 0.6 is 11.6 Å². The highest BCUT2D eigenvalue weighted by Crippen LogP contribution is 2.28. The van der Waals surface area contributed by atoms with Crippen molar-refractivity contribution >= 4 is 45.8 Å². The number of hydrogen-bond acceptors (Lipinski definition) is 6. The molecule has 1 atom stereocenters. The number of aryl methyl sites for hydroxylation is 1. The summed E-state index contributed by atoms with van der Waals surface area (Å²) >= 11 is 6.04. The van der Waals surface area contributed by atoms with Gasteiger partial charge in [0, 0.05) is 23.2 Å². The molecule has 1 heterocycles. The normalized spacial score (nSPS) is 11.8. The molecule has 0 aliphatic rings. The van der Waals surface area contributed by atoms with Gasteiger partial charge in [0.1, 0.15) is 0 Å². The molecule has 1 aromatic heterocycles. The summed E-state index contributed by atoms with van der Waals surface area (Å²) in [6.07, 6.45) is 1.07. The quantitative estimate of drug-likeness (QED) is 0.265. The van der Waals surface area contributed by atoms with E-state index < -0.39 is 22.9 Å². The molecule has 9 heteroatoms. The van der Waals surface area contributed by atoms with Gasteiger partial charge in [-0.1, -0.05) is 50.1 Å². The van der Waals surface area contributed by atoms with Gasteiger partial charge in [0.2, 0.25) is 0 Å². The van der Waals surface area contributed by atoms with Crippen molar-refractivity contribution in [3.63, 3.8) is 0 Å². The van der Waals surface area contributed by atoms with E-state index in [1.54, 1.807) is 0 Å². The summed E-state index contributed by atoms with van der Waals surface area (Å²) in [5.41, 5.74) is 2.76. The highest BCUT2D eigenvalue weighted by atomic mass is 35.5. The molecule has 1 N–H and O–H groups in total. The Balaban J connectivity index is 1.86. The molecule has 8 nitrogen and oxygen atoms in total. The van der Waals surface area contributed by atoms with E-state index in [2.05, 4.69) is 5.32 Å². The molecule has 0 aliphatic heterocycles. The number of ether oxygens (including phenoxy) is 1. The zero-order chi connectivity index (χ0) is 24.1. The van der Waals surface area contributed by atoms with Gasteiger partial charge in [0.15, 0.2) is 6.10 Å². The van der Waals surface area contributed by atoms with Crippen LogP contribution in [0.5, 0.6) is 0 Å². The topological polar surface area (TPSA) is 111 Å². The number of rotatable bonds is 8. The minimum absolute atomic E-state index is 0.00804. The molecule has 0 saturated heterocycles. The van der Waals surface area contributed by atoms with Crippen LogP contribution in [0.25, 0.3) is 10.9 Å². The number of fused-ring (bicyclic) bond motifs is 1. The molecule has 172 valence electrons.